The van der Waals surface area contributed by atoms with E-state index < -0.39 is 0 Å². The Morgan fingerprint density at radius 1 is 1.22 bits per heavy atom. The highest BCUT2D eigenvalue weighted by Gasteiger charge is 2.18. The fourth-order valence-electron chi connectivity index (χ4n) is 1.90. The molecule has 1 aliphatic rings. The highest BCUT2D eigenvalue weighted by Crippen LogP contribution is 2.21. The van der Waals surface area contributed by atoms with Gasteiger partial charge < -0.3 is 21.5 Å². The number of allylic oxidation sites excluding steroid dienone is 3. The van der Waals surface area contributed by atoms with Crippen LogP contribution in [0.15, 0.2) is 23.7 Å². The summed E-state index contributed by atoms with van der Waals surface area (Å²) in [4.78, 5) is 2.15. The zero-order valence-electron chi connectivity index (χ0n) is 11.8. The van der Waals surface area contributed by atoms with Crippen molar-refractivity contribution < 1.29 is 5.11 Å². The SMILES string of the molecule is CC(C)(C)/C(N)=C/C=C(\N)N1CCC(CO)CC1. The summed E-state index contributed by atoms with van der Waals surface area (Å²) in [5.41, 5.74) is 12.8. The molecule has 1 saturated heterocycles. The third kappa shape index (κ3) is 4.26. The summed E-state index contributed by atoms with van der Waals surface area (Å²) < 4.78 is 0. The Morgan fingerprint density at radius 2 is 1.78 bits per heavy atom. The molecular weight excluding hydrogens is 226 g/mol. The van der Waals surface area contributed by atoms with E-state index in [4.69, 9.17) is 16.6 Å². The van der Waals surface area contributed by atoms with Crippen LogP contribution in [0.4, 0.5) is 0 Å². The molecule has 0 bridgehead atoms. The Hall–Kier alpha value is -1.16. The Bertz CT molecular complexity index is 320. The molecule has 0 unspecified atom stereocenters. The fourth-order valence-corrected chi connectivity index (χ4v) is 1.90. The lowest BCUT2D eigenvalue weighted by Crippen LogP contribution is -2.36. The first-order valence-electron chi connectivity index (χ1n) is 6.64. The topological polar surface area (TPSA) is 75.5 Å². The fraction of sp³-hybridized carbons (Fsp3) is 0.714. The average molecular weight is 253 g/mol. The van der Waals surface area contributed by atoms with Gasteiger partial charge in [-0.3, -0.25) is 0 Å². The molecule has 0 aromatic rings. The molecule has 18 heavy (non-hydrogen) atoms. The molecular formula is C14H27N3O. The van der Waals surface area contributed by atoms with Gasteiger partial charge in [0.25, 0.3) is 0 Å². The van der Waals surface area contributed by atoms with Crippen LogP contribution >= 0.6 is 0 Å². The van der Waals surface area contributed by atoms with Gasteiger partial charge in [0.1, 0.15) is 0 Å². The molecule has 0 spiro atoms. The largest absolute Gasteiger partial charge is 0.402 e. The van der Waals surface area contributed by atoms with Crippen molar-refractivity contribution in [2.75, 3.05) is 19.7 Å². The molecule has 0 aromatic heterocycles. The second kappa shape index (κ2) is 6.14. The van der Waals surface area contributed by atoms with Crippen molar-refractivity contribution in [3.8, 4) is 0 Å². The highest BCUT2D eigenvalue weighted by molar-refractivity contribution is 5.17. The first-order valence-corrected chi connectivity index (χ1v) is 6.64. The lowest BCUT2D eigenvalue weighted by molar-refractivity contribution is 0.150. The van der Waals surface area contributed by atoms with Crippen LogP contribution in [0.2, 0.25) is 0 Å². The molecule has 1 aliphatic heterocycles. The van der Waals surface area contributed by atoms with Gasteiger partial charge in [0.2, 0.25) is 0 Å². The minimum Gasteiger partial charge on any atom is -0.402 e. The van der Waals surface area contributed by atoms with Gasteiger partial charge in [0, 0.05) is 30.8 Å². The average Bonchev–Trinajstić information content (AvgIpc) is 2.34. The summed E-state index contributed by atoms with van der Waals surface area (Å²) in [6.45, 7) is 8.35. The highest BCUT2D eigenvalue weighted by atomic mass is 16.3. The molecule has 1 rings (SSSR count). The molecule has 104 valence electrons. The molecule has 0 radical (unpaired) electrons. The quantitative estimate of drug-likeness (QED) is 0.664. The lowest BCUT2D eigenvalue weighted by atomic mass is 9.92. The molecule has 1 heterocycles. The number of nitrogens with two attached hydrogens (primary N) is 2. The maximum absolute atomic E-state index is 9.09. The van der Waals surface area contributed by atoms with Gasteiger partial charge in [-0.1, -0.05) is 20.8 Å². The van der Waals surface area contributed by atoms with E-state index >= 15 is 0 Å². The van der Waals surface area contributed by atoms with Crippen LogP contribution in [0.5, 0.6) is 0 Å². The number of piperidine rings is 1. The van der Waals surface area contributed by atoms with Crippen molar-refractivity contribution in [2.45, 2.75) is 33.6 Å². The molecule has 0 aromatic carbocycles. The molecule has 0 aliphatic carbocycles. The molecule has 0 amide bonds. The minimum atomic E-state index is -0.0271. The predicted octanol–water partition coefficient (Wildman–Crippen LogP) is 1.38. The van der Waals surface area contributed by atoms with Gasteiger partial charge >= 0.3 is 0 Å². The summed E-state index contributed by atoms with van der Waals surface area (Å²) in [5.74, 6) is 1.20. The second-order valence-corrected chi connectivity index (χ2v) is 6.08. The number of hydrogen-bond donors (Lipinski definition) is 3. The van der Waals surface area contributed by atoms with Crippen molar-refractivity contribution in [1.29, 1.82) is 0 Å². The summed E-state index contributed by atoms with van der Waals surface area (Å²) >= 11 is 0. The van der Waals surface area contributed by atoms with Gasteiger partial charge in [-0.05, 0) is 30.9 Å². The zero-order chi connectivity index (χ0) is 13.8. The number of likely N-dealkylation sites (tertiary alicyclic amines) is 1. The van der Waals surface area contributed by atoms with Crippen LogP contribution < -0.4 is 11.5 Å². The Balaban J connectivity index is 2.58. The lowest BCUT2D eigenvalue weighted by Gasteiger charge is -2.32. The van der Waals surface area contributed by atoms with Crippen molar-refractivity contribution in [1.82, 2.24) is 4.90 Å². The van der Waals surface area contributed by atoms with Crippen LogP contribution in [0.25, 0.3) is 0 Å². The summed E-state index contributed by atoms with van der Waals surface area (Å²) in [6.07, 6.45) is 5.79. The molecule has 1 fully saturated rings. The van der Waals surface area contributed by atoms with Crippen LogP contribution in [0.3, 0.4) is 0 Å². The number of hydrogen-bond acceptors (Lipinski definition) is 4. The molecule has 4 heteroatoms. The van der Waals surface area contributed by atoms with E-state index in [2.05, 4.69) is 25.7 Å². The van der Waals surface area contributed by atoms with Crippen molar-refractivity contribution in [3.63, 3.8) is 0 Å². The van der Waals surface area contributed by atoms with Crippen LogP contribution in [-0.2, 0) is 0 Å². The number of aliphatic hydroxyl groups is 1. The van der Waals surface area contributed by atoms with Gasteiger partial charge in [-0.15, -0.1) is 0 Å². The van der Waals surface area contributed by atoms with E-state index in [1.54, 1.807) is 0 Å². The summed E-state index contributed by atoms with van der Waals surface area (Å²) in [7, 11) is 0. The monoisotopic (exact) mass is 253 g/mol. The van der Waals surface area contributed by atoms with Crippen molar-refractivity contribution in [2.24, 2.45) is 22.8 Å². The number of rotatable bonds is 3. The van der Waals surface area contributed by atoms with Crippen LogP contribution in [0.1, 0.15) is 33.6 Å². The van der Waals surface area contributed by atoms with E-state index in [9.17, 15) is 0 Å². The van der Waals surface area contributed by atoms with E-state index in [0.717, 1.165) is 37.4 Å². The first-order chi connectivity index (χ1) is 8.34. The Morgan fingerprint density at radius 3 is 2.22 bits per heavy atom. The van der Waals surface area contributed by atoms with Crippen molar-refractivity contribution >= 4 is 0 Å². The zero-order valence-corrected chi connectivity index (χ0v) is 11.8. The van der Waals surface area contributed by atoms with Gasteiger partial charge in [0.05, 0.1) is 5.82 Å². The van der Waals surface area contributed by atoms with Crippen molar-refractivity contribution in [3.05, 3.63) is 23.7 Å². The van der Waals surface area contributed by atoms with E-state index in [0.29, 0.717) is 5.92 Å². The van der Waals surface area contributed by atoms with Crippen LogP contribution in [-0.4, -0.2) is 29.7 Å². The third-order valence-corrected chi connectivity index (χ3v) is 3.54. The predicted molar refractivity (Wildman–Crippen MR) is 75.4 cm³/mol. The Kier molecular flexibility index (Phi) is 5.08. The third-order valence-electron chi connectivity index (χ3n) is 3.54. The van der Waals surface area contributed by atoms with Gasteiger partial charge in [0.15, 0.2) is 0 Å². The summed E-state index contributed by atoms with van der Waals surface area (Å²) in [6, 6.07) is 0. The van der Waals surface area contributed by atoms with Gasteiger partial charge in [-0.25, -0.2) is 0 Å². The second-order valence-electron chi connectivity index (χ2n) is 6.08. The number of aliphatic hydroxyl groups excluding tert-OH is 1. The smallest absolute Gasteiger partial charge is 0.0987 e. The summed E-state index contributed by atoms with van der Waals surface area (Å²) in [5, 5.41) is 9.09. The molecule has 0 saturated carbocycles. The molecule has 4 nitrogen and oxygen atoms in total. The minimum absolute atomic E-state index is 0.0271. The number of nitrogens with zero attached hydrogens (tertiary/aromatic N) is 1. The normalized spacial score (nSPS) is 20.3. The maximum Gasteiger partial charge on any atom is 0.0987 e. The maximum atomic E-state index is 9.09. The van der Waals surface area contributed by atoms with Gasteiger partial charge in [-0.2, -0.15) is 0 Å². The molecule has 0 atom stereocenters. The Labute approximate surface area is 110 Å². The van der Waals surface area contributed by atoms with E-state index in [-0.39, 0.29) is 12.0 Å². The van der Waals surface area contributed by atoms with Crippen LogP contribution in [0, 0.1) is 11.3 Å². The van der Waals surface area contributed by atoms with E-state index in [1.807, 2.05) is 12.2 Å². The standard InChI is InChI=1S/C14H27N3O/c1-14(2,3)12(15)4-5-13(16)17-8-6-11(10-18)7-9-17/h4-5,11,18H,6-10,15-16H2,1-3H3/b12-4-,13-5+. The molecule has 5 N–H and O–H groups in total. The first kappa shape index (κ1) is 14.9. The van der Waals surface area contributed by atoms with E-state index in [1.165, 1.54) is 0 Å².